The Labute approximate surface area is 257 Å². The molecule has 0 aromatic heterocycles. The minimum absolute atomic E-state index is 0.00986. The molecule has 4 aromatic carbocycles. The number of anilines is 2. The number of nitrogens with one attached hydrogen (secondary N) is 1. The summed E-state index contributed by atoms with van der Waals surface area (Å²) in [5.74, 6) is -1.08. The molecule has 3 amide bonds. The molecule has 2 aliphatic rings. The number of rotatable bonds is 9. The van der Waals surface area contributed by atoms with Gasteiger partial charge in [-0.15, -0.1) is 0 Å². The summed E-state index contributed by atoms with van der Waals surface area (Å²) in [6, 6.07) is 24.0. The van der Waals surface area contributed by atoms with Crippen molar-refractivity contribution in [3.8, 4) is 17.2 Å². The van der Waals surface area contributed by atoms with Crippen LogP contribution in [0.25, 0.3) is 0 Å². The summed E-state index contributed by atoms with van der Waals surface area (Å²) in [7, 11) is 1.50. The number of para-hydroxylation sites is 1. The summed E-state index contributed by atoms with van der Waals surface area (Å²) in [5, 5.41) is 3.41. The Bertz CT molecular complexity index is 1780. The molecule has 0 fully saturated rings. The largest absolute Gasteiger partial charge is 0.497 e. The lowest BCUT2D eigenvalue weighted by Crippen LogP contribution is -2.46. The average molecular weight is 612 g/mol. The number of amides is 3. The van der Waals surface area contributed by atoms with Crippen molar-refractivity contribution >= 4 is 46.5 Å². The molecule has 0 aliphatic carbocycles. The summed E-state index contributed by atoms with van der Waals surface area (Å²) in [5.41, 5.74) is 2.15. The fourth-order valence-electron chi connectivity index (χ4n) is 5.21. The van der Waals surface area contributed by atoms with Gasteiger partial charge in [0.2, 0.25) is 12.7 Å². The average Bonchev–Trinajstić information content (AvgIpc) is 3.60. The van der Waals surface area contributed by atoms with E-state index in [1.54, 1.807) is 91.0 Å². The predicted molar refractivity (Wildman–Crippen MR) is 162 cm³/mol. The molecule has 0 saturated heterocycles. The molecule has 0 radical (unpaired) electrons. The van der Waals surface area contributed by atoms with E-state index >= 15 is 0 Å². The maximum absolute atomic E-state index is 14.3. The van der Waals surface area contributed by atoms with Crippen molar-refractivity contribution in [2.45, 2.75) is 12.6 Å². The minimum atomic E-state index is -1.18. The molecule has 1 N–H and O–H groups in total. The first-order valence-electron chi connectivity index (χ1n) is 13.7. The molecule has 222 valence electrons. The number of hydrogen-bond acceptors (Lipinski definition) is 7. The minimum Gasteiger partial charge on any atom is -0.497 e. The van der Waals surface area contributed by atoms with Crippen molar-refractivity contribution in [2.24, 2.45) is 0 Å². The van der Waals surface area contributed by atoms with Crippen LogP contribution in [-0.2, 0) is 20.9 Å². The Morgan fingerprint density at radius 1 is 0.955 bits per heavy atom. The van der Waals surface area contributed by atoms with Gasteiger partial charge in [0.1, 0.15) is 18.3 Å². The zero-order chi connectivity index (χ0) is 30.8. The maximum Gasteiger partial charge on any atom is 0.299 e. The topological polar surface area (TPSA) is 114 Å². The predicted octanol–water partition coefficient (Wildman–Crippen LogP) is 5.02. The summed E-state index contributed by atoms with van der Waals surface area (Å²) in [6.07, 6.45) is 0. The quantitative estimate of drug-likeness (QED) is 0.265. The number of ketones is 1. The van der Waals surface area contributed by atoms with Crippen LogP contribution in [0.5, 0.6) is 17.2 Å². The van der Waals surface area contributed by atoms with Crippen LogP contribution in [0, 0.1) is 0 Å². The molecule has 0 bridgehead atoms. The van der Waals surface area contributed by atoms with Gasteiger partial charge in [0.05, 0.1) is 18.4 Å². The molecule has 10 nitrogen and oxygen atoms in total. The van der Waals surface area contributed by atoms with Gasteiger partial charge in [-0.2, -0.15) is 0 Å². The van der Waals surface area contributed by atoms with Crippen LogP contribution in [0.1, 0.15) is 27.5 Å². The molecule has 4 aromatic rings. The van der Waals surface area contributed by atoms with E-state index in [1.807, 2.05) is 0 Å². The second-order valence-corrected chi connectivity index (χ2v) is 10.6. The van der Waals surface area contributed by atoms with Gasteiger partial charge in [0.15, 0.2) is 11.5 Å². The van der Waals surface area contributed by atoms with Crippen molar-refractivity contribution in [1.29, 1.82) is 0 Å². The number of methoxy groups -OCH3 is 1. The lowest BCUT2D eigenvalue weighted by molar-refractivity contribution is -0.139. The number of Topliss-reactive ketones (excluding diaryl/α,β-unsaturated/α-hetero) is 1. The van der Waals surface area contributed by atoms with Crippen LogP contribution < -0.4 is 24.4 Å². The number of benzene rings is 4. The number of halogens is 1. The molecule has 0 saturated carbocycles. The van der Waals surface area contributed by atoms with Crippen molar-refractivity contribution in [2.75, 3.05) is 30.7 Å². The SMILES string of the molecule is COc1cccc(C(C(=O)Nc2ccc3c(c2)OCO3)N(Cc2ccc(Cl)cc2)C(=O)CN2C(=O)C(=O)c3ccccc32)c1. The van der Waals surface area contributed by atoms with E-state index in [-0.39, 0.29) is 18.9 Å². The maximum atomic E-state index is 14.3. The highest BCUT2D eigenvalue weighted by atomic mass is 35.5. The third-order valence-electron chi connectivity index (χ3n) is 7.37. The number of carbonyl (C=O) groups is 4. The Kier molecular flexibility index (Phi) is 7.91. The van der Waals surface area contributed by atoms with Crippen LogP contribution in [-0.4, -0.2) is 48.9 Å². The van der Waals surface area contributed by atoms with Gasteiger partial charge in [0.25, 0.3) is 17.6 Å². The monoisotopic (exact) mass is 611 g/mol. The fraction of sp³-hybridized carbons (Fsp3) is 0.152. The molecular formula is C33H26ClN3O7. The Morgan fingerprint density at radius 3 is 2.52 bits per heavy atom. The Hall–Kier alpha value is -5.35. The molecule has 44 heavy (non-hydrogen) atoms. The number of hydrogen-bond donors (Lipinski definition) is 1. The highest BCUT2D eigenvalue weighted by Crippen LogP contribution is 2.36. The van der Waals surface area contributed by atoms with Gasteiger partial charge in [-0.25, -0.2) is 0 Å². The first-order valence-corrected chi connectivity index (χ1v) is 14.0. The molecule has 2 heterocycles. The van der Waals surface area contributed by atoms with Gasteiger partial charge in [-0.05, 0) is 59.7 Å². The van der Waals surface area contributed by atoms with Crippen molar-refractivity contribution < 1.29 is 33.4 Å². The molecule has 6 rings (SSSR count). The fourth-order valence-corrected chi connectivity index (χ4v) is 5.34. The van der Waals surface area contributed by atoms with E-state index in [0.29, 0.717) is 44.8 Å². The number of ether oxygens (including phenoxy) is 3. The summed E-state index contributed by atoms with van der Waals surface area (Å²) in [6.45, 7) is -0.402. The first-order chi connectivity index (χ1) is 21.3. The molecule has 11 heteroatoms. The van der Waals surface area contributed by atoms with E-state index in [2.05, 4.69) is 5.32 Å². The van der Waals surface area contributed by atoms with Gasteiger partial charge >= 0.3 is 0 Å². The highest BCUT2D eigenvalue weighted by molar-refractivity contribution is 6.52. The van der Waals surface area contributed by atoms with E-state index in [9.17, 15) is 19.2 Å². The second kappa shape index (κ2) is 12.1. The zero-order valence-electron chi connectivity index (χ0n) is 23.5. The number of carbonyl (C=O) groups excluding carboxylic acids is 4. The summed E-state index contributed by atoms with van der Waals surface area (Å²) in [4.78, 5) is 56.6. The van der Waals surface area contributed by atoms with Crippen LogP contribution >= 0.6 is 11.6 Å². The molecular weight excluding hydrogens is 586 g/mol. The lowest BCUT2D eigenvalue weighted by Gasteiger charge is -2.33. The summed E-state index contributed by atoms with van der Waals surface area (Å²) >= 11 is 6.12. The second-order valence-electron chi connectivity index (χ2n) is 10.1. The number of nitrogens with zero attached hydrogens (tertiary/aromatic N) is 2. The molecule has 1 unspecified atom stereocenters. The van der Waals surface area contributed by atoms with Gasteiger partial charge in [0, 0.05) is 23.3 Å². The first kappa shape index (κ1) is 28.8. The molecule has 0 spiro atoms. The van der Waals surface area contributed by atoms with Gasteiger partial charge in [-0.3, -0.25) is 24.1 Å². The van der Waals surface area contributed by atoms with E-state index in [0.717, 1.165) is 4.90 Å². The highest BCUT2D eigenvalue weighted by Gasteiger charge is 2.39. The van der Waals surface area contributed by atoms with Crippen LogP contribution in [0.4, 0.5) is 11.4 Å². The zero-order valence-corrected chi connectivity index (χ0v) is 24.2. The van der Waals surface area contributed by atoms with Crippen molar-refractivity contribution in [3.63, 3.8) is 0 Å². The van der Waals surface area contributed by atoms with E-state index in [4.69, 9.17) is 25.8 Å². The normalized spacial score (nSPS) is 13.8. The van der Waals surface area contributed by atoms with Crippen molar-refractivity contribution in [3.05, 3.63) is 113 Å². The molecule has 2 aliphatic heterocycles. The van der Waals surface area contributed by atoms with E-state index in [1.165, 1.54) is 12.0 Å². The van der Waals surface area contributed by atoms with Crippen molar-refractivity contribution in [1.82, 2.24) is 4.90 Å². The third-order valence-corrected chi connectivity index (χ3v) is 7.62. The van der Waals surface area contributed by atoms with Gasteiger partial charge < -0.3 is 24.4 Å². The smallest absolute Gasteiger partial charge is 0.299 e. The van der Waals surface area contributed by atoms with Crippen LogP contribution in [0.15, 0.2) is 91.0 Å². The molecule has 1 atom stereocenters. The van der Waals surface area contributed by atoms with Crippen LogP contribution in [0.3, 0.4) is 0 Å². The van der Waals surface area contributed by atoms with Crippen LogP contribution in [0.2, 0.25) is 5.02 Å². The third kappa shape index (κ3) is 5.67. The number of fused-ring (bicyclic) bond motifs is 2. The lowest BCUT2D eigenvalue weighted by atomic mass is 10.0. The summed E-state index contributed by atoms with van der Waals surface area (Å²) < 4.78 is 16.3. The van der Waals surface area contributed by atoms with E-state index < -0.39 is 36.1 Å². The Morgan fingerprint density at radius 2 is 1.73 bits per heavy atom. The van der Waals surface area contributed by atoms with Gasteiger partial charge in [-0.1, -0.05) is 48.0 Å². The Balaban J connectivity index is 1.40. The standard InChI is InChI=1S/C33H26ClN3O7/c1-42-24-6-4-5-21(15-24)30(32(40)35-23-13-14-27-28(16-23)44-19-43-27)37(17-20-9-11-22(34)12-10-20)29(38)18-36-26-8-3-2-7-25(26)31(39)33(36)41/h2-16,30H,17-19H2,1H3,(H,35,40).